The molecule has 3 heterocycles. The Bertz CT molecular complexity index is 655. The summed E-state index contributed by atoms with van der Waals surface area (Å²) in [7, 11) is 2.27. The van der Waals surface area contributed by atoms with Gasteiger partial charge in [-0.15, -0.1) is 11.3 Å². The van der Waals surface area contributed by atoms with Crippen LogP contribution in [0.1, 0.15) is 41.2 Å². The number of thiophene rings is 1. The molecule has 24 heavy (non-hydrogen) atoms. The van der Waals surface area contributed by atoms with Crippen LogP contribution in [-0.2, 0) is 13.1 Å². The Balaban J connectivity index is 1.32. The lowest BCUT2D eigenvalue weighted by Gasteiger charge is -2.57. The summed E-state index contributed by atoms with van der Waals surface area (Å²) >= 11 is 1.95. The molecule has 2 aromatic rings. The molecule has 2 fully saturated rings. The topological polar surface area (TPSA) is 19.6 Å². The van der Waals surface area contributed by atoms with Crippen LogP contribution in [0.25, 0.3) is 0 Å². The Kier molecular flexibility index (Phi) is 4.54. The van der Waals surface area contributed by atoms with Crippen LogP contribution in [0, 0.1) is 12.3 Å². The summed E-state index contributed by atoms with van der Waals surface area (Å²) in [5, 5.41) is 0. The molecule has 0 bridgehead atoms. The summed E-state index contributed by atoms with van der Waals surface area (Å²) < 4.78 is 5.54. The first-order valence-electron chi connectivity index (χ1n) is 9.15. The zero-order valence-electron chi connectivity index (χ0n) is 14.8. The van der Waals surface area contributed by atoms with Crippen LogP contribution in [0.3, 0.4) is 0 Å². The molecule has 4 heteroatoms. The molecule has 1 aliphatic carbocycles. The second-order valence-electron chi connectivity index (χ2n) is 7.70. The Morgan fingerprint density at radius 3 is 2.67 bits per heavy atom. The standard InChI is InChI=1S/C20H28N2OS/c1-16-5-6-18(24-16)15-22-11-9-20(10-12-22)8-7-19(20)21(2)14-17-4-3-13-23-17/h3-6,13,19H,7-12,14-15H2,1-2H3/t19-/m1/s1. The van der Waals surface area contributed by atoms with Crippen LogP contribution >= 0.6 is 11.3 Å². The molecule has 2 aromatic heterocycles. The van der Waals surface area contributed by atoms with Gasteiger partial charge in [0.15, 0.2) is 0 Å². The Labute approximate surface area is 149 Å². The van der Waals surface area contributed by atoms with E-state index >= 15 is 0 Å². The van der Waals surface area contributed by atoms with E-state index in [9.17, 15) is 0 Å². The van der Waals surface area contributed by atoms with E-state index < -0.39 is 0 Å². The summed E-state index contributed by atoms with van der Waals surface area (Å²) in [5.74, 6) is 1.09. The van der Waals surface area contributed by atoms with Gasteiger partial charge >= 0.3 is 0 Å². The molecule has 0 unspecified atom stereocenters. The number of piperidine rings is 1. The molecule has 0 radical (unpaired) electrons. The highest BCUT2D eigenvalue weighted by Crippen LogP contribution is 2.51. The SMILES string of the molecule is Cc1ccc(CN2CCC3(CC[C@H]3N(C)Cc3ccco3)CC2)s1. The van der Waals surface area contributed by atoms with E-state index in [1.807, 2.05) is 17.4 Å². The summed E-state index contributed by atoms with van der Waals surface area (Å²) in [6.45, 7) is 6.79. The third-order valence-electron chi connectivity index (χ3n) is 6.17. The molecule has 0 aromatic carbocycles. The summed E-state index contributed by atoms with van der Waals surface area (Å²) in [6.07, 6.45) is 7.24. The van der Waals surface area contributed by atoms with Gasteiger partial charge in [0.05, 0.1) is 12.8 Å². The van der Waals surface area contributed by atoms with E-state index in [0.717, 1.165) is 24.9 Å². The first-order valence-corrected chi connectivity index (χ1v) is 9.97. The first kappa shape index (κ1) is 16.4. The van der Waals surface area contributed by atoms with Crippen molar-refractivity contribution in [3.63, 3.8) is 0 Å². The maximum Gasteiger partial charge on any atom is 0.117 e. The second kappa shape index (κ2) is 6.66. The van der Waals surface area contributed by atoms with Crippen molar-refractivity contribution in [1.29, 1.82) is 0 Å². The third-order valence-corrected chi connectivity index (χ3v) is 7.15. The molecular weight excluding hydrogens is 316 g/mol. The molecular formula is C20H28N2OS. The highest BCUT2D eigenvalue weighted by atomic mass is 32.1. The number of aryl methyl sites for hydroxylation is 1. The monoisotopic (exact) mass is 344 g/mol. The number of likely N-dealkylation sites (tertiary alicyclic amines) is 1. The molecule has 1 aliphatic heterocycles. The van der Waals surface area contributed by atoms with Crippen molar-refractivity contribution in [3.8, 4) is 0 Å². The average Bonchev–Trinajstić information content (AvgIpc) is 3.19. The zero-order valence-corrected chi connectivity index (χ0v) is 15.6. The van der Waals surface area contributed by atoms with Crippen molar-refractivity contribution >= 4 is 11.3 Å². The predicted octanol–water partition coefficient (Wildman–Crippen LogP) is 4.53. The predicted molar refractivity (Wildman–Crippen MR) is 99.2 cm³/mol. The Morgan fingerprint density at radius 1 is 1.25 bits per heavy atom. The van der Waals surface area contributed by atoms with Gasteiger partial charge in [0, 0.05) is 22.3 Å². The number of hydrogen-bond donors (Lipinski definition) is 0. The molecule has 1 spiro atoms. The molecule has 1 saturated carbocycles. The molecule has 1 saturated heterocycles. The van der Waals surface area contributed by atoms with Crippen molar-refractivity contribution in [3.05, 3.63) is 46.0 Å². The normalized spacial score (nSPS) is 23.7. The van der Waals surface area contributed by atoms with Gasteiger partial charge in [-0.3, -0.25) is 9.80 Å². The van der Waals surface area contributed by atoms with Crippen molar-refractivity contribution < 1.29 is 4.42 Å². The molecule has 0 amide bonds. The van der Waals surface area contributed by atoms with Gasteiger partial charge in [0.25, 0.3) is 0 Å². The lowest BCUT2D eigenvalue weighted by molar-refractivity contribution is -0.0647. The summed E-state index contributed by atoms with van der Waals surface area (Å²) in [4.78, 5) is 8.12. The average molecular weight is 345 g/mol. The van der Waals surface area contributed by atoms with Crippen LogP contribution in [0.4, 0.5) is 0 Å². The molecule has 4 rings (SSSR count). The van der Waals surface area contributed by atoms with Gasteiger partial charge in [-0.25, -0.2) is 0 Å². The van der Waals surface area contributed by atoms with Crippen LogP contribution < -0.4 is 0 Å². The number of hydrogen-bond acceptors (Lipinski definition) is 4. The molecule has 2 aliphatic rings. The third kappa shape index (κ3) is 3.19. The summed E-state index contributed by atoms with van der Waals surface area (Å²) in [6, 6.07) is 9.36. The number of rotatable bonds is 5. The van der Waals surface area contributed by atoms with Crippen LogP contribution in [0.15, 0.2) is 34.9 Å². The highest BCUT2D eigenvalue weighted by Gasteiger charge is 2.49. The maximum atomic E-state index is 5.54. The van der Waals surface area contributed by atoms with Gasteiger partial charge in [-0.1, -0.05) is 0 Å². The lowest BCUT2D eigenvalue weighted by atomic mass is 9.59. The maximum absolute atomic E-state index is 5.54. The minimum Gasteiger partial charge on any atom is -0.468 e. The fourth-order valence-electron chi connectivity index (χ4n) is 4.66. The van der Waals surface area contributed by atoms with Gasteiger partial charge < -0.3 is 4.42 Å². The van der Waals surface area contributed by atoms with Crippen molar-refractivity contribution in [2.45, 2.75) is 51.7 Å². The molecule has 1 atom stereocenters. The minimum absolute atomic E-state index is 0.559. The van der Waals surface area contributed by atoms with E-state index in [1.54, 1.807) is 6.26 Å². The Morgan fingerprint density at radius 2 is 2.08 bits per heavy atom. The second-order valence-corrected chi connectivity index (χ2v) is 9.07. The van der Waals surface area contributed by atoms with Gasteiger partial charge in [0.2, 0.25) is 0 Å². The van der Waals surface area contributed by atoms with Crippen LogP contribution in [0.5, 0.6) is 0 Å². The van der Waals surface area contributed by atoms with Crippen LogP contribution in [-0.4, -0.2) is 36.0 Å². The first-order chi connectivity index (χ1) is 11.6. The highest BCUT2D eigenvalue weighted by molar-refractivity contribution is 7.11. The smallest absolute Gasteiger partial charge is 0.117 e. The van der Waals surface area contributed by atoms with Crippen molar-refractivity contribution in [2.75, 3.05) is 20.1 Å². The molecule has 3 nitrogen and oxygen atoms in total. The number of nitrogens with zero attached hydrogens (tertiary/aromatic N) is 2. The van der Waals surface area contributed by atoms with Gasteiger partial charge in [0.1, 0.15) is 5.76 Å². The van der Waals surface area contributed by atoms with E-state index in [2.05, 4.69) is 42.0 Å². The number of furan rings is 1. The van der Waals surface area contributed by atoms with Gasteiger partial charge in [-0.2, -0.15) is 0 Å². The Hall–Kier alpha value is -1.10. The quantitative estimate of drug-likeness (QED) is 0.795. The van der Waals surface area contributed by atoms with Crippen molar-refractivity contribution in [1.82, 2.24) is 9.80 Å². The molecule has 0 N–H and O–H groups in total. The van der Waals surface area contributed by atoms with Crippen molar-refractivity contribution in [2.24, 2.45) is 5.41 Å². The fraction of sp³-hybridized carbons (Fsp3) is 0.600. The van der Waals surface area contributed by atoms with E-state index in [1.165, 1.54) is 48.5 Å². The van der Waals surface area contributed by atoms with Gasteiger partial charge in [-0.05, 0) is 82.4 Å². The van der Waals surface area contributed by atoms with E-state index in [0.29, 0.717) is 5.41 Å². The fourth-order valence-corrected chi connectivity index (χ4v) is 5.59. The largest absolute Gasteiger partial charge is 0.468 e. The minimum atomic E-state index is 0.559. The molecule has 130 valence electrons. The van der Waals surface area contributed by atoms with E-state index in [-0.39, 0.29) is 0 Å². The zero-order chi connectivity index (χ0) is 16.6. The lowest BCUT2D eigenvalue weighted by Crippen LogP contribution is -2.57. The van der Waals surface area contributed by atoms with E-state index in [4.69, 9.17) is 4.42 Å². The van der Waals surface area contributed by atoms with Crippen LogP contribution in [0.2, 0.25) is 0 Å². The summed E-state index contributed by atoms with van der Waals surface area (Å²) in [5.41, 5.74) is 0.559.